The Balaban J connectivity index is 1.98. The van der Waals surface area contributed by atoms with Gasteiger partial charge in [0, 0.05) is 12.5 Å². The molecule has 0 aromatic carbocycles. The molecule has 1 amide bonds. The van der Waals surface area contributed by atoms with E-state index in [1.165, 1.54) is 4.90 Å². The minimum Gasteiger partial charge on any atom is -0.480 e. The van der Waals surface area contributed by atoms with Crippen molar-refractivity contribution in [3.63, 3.8) is 0 Å². The Bertz CT molecular complexity index is 232. The van der Waals surface area contributed by atoms with Gasteiger partial charge in [0.2, 0.25) is 5.91 Å². The number of amides is 1. The molecule has 3 rings (SSSR count). The van der Waals surface area contributed by atoms with Gasteiger partial charge < -0.3 is 10.0 Å². The van der Waals surface area contributed by atoms with E-state index in [2.05, 4.69) is 0 Å². The number of rotatable bonds is 2. The predicted molar refractivity (Wildman–Crippen MR) is 40.4 cm³/mol. The monoisotopic (exact) mass is 169 g/mol. The van der Waals surface area contributed by atoms with Gasteiger partial charge in [-0.05, 0) is 18.8 Å². The normalized spacial score (nSPS) is 33.0. The van der Waals surface area contributed by atoms with Gasteiger partial charge >= 0.3 is 5.97 Å². The van der Waals surface area contributed by atoms with Gasteiger partial charge in [0.1, 0.15) is 6.54 Å². The van der Waals surface area contributed by atoms with E-state index in [-0.39, 0.29) is 18.4 Å². The van der Waals surface area contributed by atoms with Crippen LogP contribution in [0.4, 0.5) is 0 Å². The summed E-state index contributed by atoms with van der Waals surface area (Å²) in [7, 11) is 0. The molecule has 1 saturated carbocycles. The van der Waals surface area contributed by atoms with Gasteiger partial charge in [0.15, 0.2) is 0 Å². The maximum atomic E-state index is 11.4. The number of carbonyl (C=O) groups excluding carboxylic acids is 1. The molecule has 3 aliphatic rings. The first kappa shape index (κ1) is 7.58. The molecule has 2 heterocycles. The Morgan fingerprint density at radius 3 is 2.75 bits per heavy atom. The first-order valence-electron chi connectivity index (χ1n) is 4.17. The minimum atomic E-state index is -0.912. The van der Waals surface area contributed by atoms with Crippen LogP contribution in [-0.4, -0.2) is 35.0 Å². The molecule has 0 aromatic rings. The average molecular weight is 169 g/mol. The lowest BCUT2D eigenvalue weighted by Crippen LogP contribution is -2.54. The molecule has 1 N–H and O–H groups in total. The number of nitrogens with zero attached hydrogens (tertiary/aromatic N) is 1. The van der Waals surface area contributed by atoms with Gasteiger partial charge in [-0.3, -0.25) is 9.59 Å². The number of carboxylic acids is 1. The van der Waals surface area contributed by atoms with Crippen molar-refractivity contribution in [2.24, 2.45) is 11.8 Å². The van der Waals surface area contributed by atoms with Crippen molar-refractivity contribution in [3.8, 4) is 0 Å². The average Bonchev–Trinajstić information content (AvgIpc) is 1.89. The summed E-state index contributed by atoms with van der Waals surface area (Å²) in [5.41, 5.74) is 0. The zero-order valence-corrected chi connectivity index (χ0v) is 6.69. The summed E-state index contributed by atoms with van der Waals surface area (Å²) in [5, 5.41) is 8.49. The van der Waals surface area contributed by atoms with Crippen LogP contribution in [0.1, 0.15) is 12.8 Å². The van der Waals surface area contributed by atoms with Crippen LogP contribution < -0.4 is 0 Å². The third-order valence-electron chi connectivity index (χ3n) is 2.70. The van der Waals surface area contributed by atoms with E-state index in [0.29, 0.717) is 12.5 Å². The number of carboxylic acid groups (broad SMARTS) is 1. The maximum Gasteiger partial charge on any atom is 0.323 e. The van der Waals surface area contributed by atoms with Crippen LogP contribution in [-0.2, 0) is 9.59 Å². The molecule has 4 nitrogen and oxygen atoms in total. The van der Waals surface area contributed by atoms with Crippen molar-refractivity contribution < 1.29 is 14.7 Å². The second-order valence-electron chi connectivity index (χ2n) is 3.65. The Morgan fingerprint density at radius 1 is 1.58 bits per heavy atom. The van der Waals surface area contributed by atoms with E-state index in [1.807, 2.05) is 0 Å². The second kappa shape index (κ2) is 2.47. The van der Waals surface area contributed by atoms with Gasteiger partial charge in [0.25, 0.3) is 0 Å². The summed E-state index contributed by atoms with van der Waals surface area (Å²) < 4.78 is 0. The fraction of sp³-hybridized carbons (Fsp3) is 0.750. The summed E-state index contributed by atoms with van der Waals surface area (Å²) >= 11 is 0. The minimum absolute atomic E-state index is 0.0416. The van der Waals surface area contributed by atoms with Gasteiger partial charge in [-0.2, -0.15) is 0 Å². The highest BCUT2D eigenvalue weighted by molar-refractivity contribution is 5.84. The zero-order valence-electron chi connectivity index (χ0n) is 6.69. The molecule has 3 fully saturated rings. The fourth-order valence-electron chi connectivity index (χ4n) is 2.05. The van der Waals surface area contributed by atoms with Crippen LogP contribution in [0.2, 0.25) is 0 Å². The van der Waals surface area contributed by atoms with Gasteiger partial charge in [-0.1, -0.05) is 0 Å². The Labute approximate surface area is 70.2 Å². The summed E-state index contributed by atoms with van der Waals surface area (Å²) in [6.07, 6.45) is 1.96. The molecule has 0 unspecified atom stereocenters. The number of hydrogen-bond acceptors (Lipinski definition) is 2. The topological polar surface area (TPSA) is 57.6 Å². The van der Waals surface area contributed by atoms with Crippen molar-refractivity contribution in [2.75, 3.05) is 13.1 Å². The van der Waals surface area contributed by atoms with E-state index in [0.717, 1.165) is 12.8 Å². The highest BCUT2D eigenvalue weighted by Gasteiger charge is 2.43. The third-order valence-corrected chi connectivity index (χ3v) is 2.70. The largest absolute Gasteiger partial charge is 0.480 e. The summed E-state index contributed by atoms with van der Waals surface area (Å²) in [4.78, 5) is 23.2. The fourth-order valence-corrected chi connectivity index (χ4v) is 2.05. The molecule has 0 spiro atoms. The van der Waals surface area contributed by atoms with Crippen LogP contribution in [0, 0.1) is 11.8 Å². The van der Waals surface area contributed by atoms with Crippen LogP contribution in [0.25, 0.3) is 0 Å². The third kappa shape index (κ3) is 1.07. The molecule has 0 radical (unpaired) electrons. The molecule has 4 heteroatoms. The van der Waals surface area contributed by atoms with E-state index >= 15 is 0 Å². The molecule has 0 atom stereocenters. The Hall–Kier alpha value is -1.06. The highest BCUT2D eigenvalue weighted by atomic mass is 16.4. The van der Waals surface area contributed by atoms with Gasteiger partial charge in [-0.25, -0.2) is 0 Å². The summed E-state index contributed by atoms with van der Waals surface area (Å²) in [5.74, 6) is -0.153. The lowest BCUT2D eigenvalue weighted by molar-refractivity contribution is -0.155. The summed E-state index contributed by atoms with van der Waals surface area (Å²) in [6.45, 7) is 0.535. The highest BCUT2D eigenvalue weighted by Crippen LogP contribution is 2.40. The van der Waals surface area contributed by atoms with E-state index in [9.17, 15) is 9.59 Å². The molecule has 2 aliphatic heterocycles. The smallest absolute Gasteiger partial charge is 0.323 e. The van der Waals surface area contributed by atoms with Crippen LogP contribution in [0.3, 0.4) is 0 Å². The first-order chi connectivity index (χ1) is 5.66. The van der Waals surface area contributed by atoms with E-state index < -0.39 is 5.97 Å². The number of hydrogen-bond donors (Lipinski definition) is 1. The first-order valence-corrected chi connectivity index (χ1v) is 4.17. The van der Waals surface area contributed by atoms with Gasteiger partial charge in [-0.15, -0.1) is 0 Å². The number of aliphatic carboxylic acids is 1. The number of piperidine rings is 2. The lowest BCUT2D eigenvalue weighted by atomic mass is 9.70. The van der Waals surface area contributed by atoms with E-state index in [4.69, 9.17) is 5.11 Å². The second-order valence-corrected chi connectivity index (χ2v) is 3.65. The zero-order chi connectivity index (χ0) is 8.72. The standard InChI is InChI=1S/C8H11NO3/c10-7(11)4-9-3-5-1-6(2-5)8(9)12/h5-6H,1-4H2,(H,10,11). The molecule has 1 aliphatic carbocycles. The van der Waals surface area contributed by atoms with E-state index in [1.54, 1.807) is 0 Å². The maximum absolute atomic E-state index is 11.4. The summed E-state index contributed by atoms with van der Waals surface area (Å²) in [6, 6.07) is 0. The molecule has 12 heavy (non-hydrogen) atoms. The van der Waals surface area contributed by atoms with Crippen LogP contribution in [0.15, 0.2) is 0 Å². The van der Waals surface area contributed by atoms with Crippen LogP contribution in [0.5, 0.6) is 0 Å². The van der Waals surface area contributed by atoms with Gasteiger partial charge in [0.05, 0.1) is 0 Å². The molecule has 2 bridgehead atoms. The molecule has 2 saturated heterocycles. The molecular formula is C8H11NO3. The predicted octanol–water partition coefficient (Wildman–Crippen LogP) is -0.0606. The molecule has 66 valence electrons. The van der Waals surface area contributed by atoms with Crippen molar-refractivity contribution >= 4 is 11.9 Å². The lowest BCUT2D eigenvalue weighted by Gasteiger charge is -2.45. The van der Waals surface area contributed by atoms with Crippen LogP contribution >= 0.6 is 0 Å². The molecule has 0 aromatic heterocycles. The van der Waals surface area contributed by atoms with Crippen molar-refractivity contribution in [1.82, 2.24) is 4.90 Å². The Kier molecular flexibility index (Phi) is 1.56. The van der Waals surface area contributed by atoms with Crippen molar-refractivity contribution in [2.45, 2.75) is 12.8 Å². The quantitative estimate of drug-likeness (QED) is 0.630. The molecular weight excluding hydrogens is 158 g/mol. The SMILES string of the molecule is O=C(O)CN1CC2CC(C2)C1=O. The number of fused-ring (bicyclic) bond motifs is 2. The van der Waals surface area contributed by atoms with Crippen molar-refractivity contribution in [1.29, 1.82) is 0 Å². The number of carbonyl (C=O) groups is 2. The van der Waals surface area contributed by atoms with Crippen molar-refractivity contribution in [3.05, 3.63) is 0 Å². The Morgan fingerprint density at radius 2 is 2.25 bits per heavy atom.